The Hall–Kier alpha value is -3.74. The number of fused-ring (bicyclic) bond motifs is 3. The first-order chi connectivity index (χ1) is 15.4. The van der Waals surface area contributed by atoms with Gasteiger partial charge in [-0.1, -0.05) is 23.8 Å². The van der Waals surface area contributed by atoms with Gasteiger partial charge < -0.3 is 4.74 Å². The summed E-state index contributed by atoms with van der Waals surface area (Å²) >= 11 is 0. The van der Waals surface area contributed by atoms with Gasteiger partial charge >= 0.3 is 0 Å². The van der Waals surface area contributed by atoms with Gasteiger partial charge in [-0.15, -0.1) is 0 Å². The Kier molecular flexibility index (Phi) is 4.69. The molecule has 2 saturated heterocycles. The van der Waals surface area contributed by atoms with Crippen LogP contribution in [0.1, 0.15) is 21.5 Å². The van der Waals surface area contributed by atoms with E-state index in [1.807, 2.05) is 32.1 Å². The van der Waals surface area contributed by atoms with E-state index in [-0.39, 0.29) is 17.6 Å². The van der Waals surface area contributed by atoms with E-state index < -0.39 is 23.9 Å². The van der Waals surface area contributed by atoms with Crippen LogP contribution < -0.4 is 9.64 Å². The van der Waals surface area contributed by atoms with Gasteiger partial charge in [0.2, 0.25) is 11.8 Å². The number of methoxy groups -OCH3 is 1. The van der Waals surface area contributed by atoms with Crippen LogP contribution in [0.25, 0.3) is 0 Å². The number of Topliss-reactive ketones (excluding diaryl/α,β-unsaturated/α-hetero) is 1. The molecular weight excluding hydrogens is 406 g/mol. The highest BCUT2D eigenvalue weighted by Crippen LogP contribution is 2.46. The number of ketones is 1. The topological polar surface area (TPSA) is 79.3 Å². The minimum atomic E-state index is -0.855. The third kappa shape index (κ3) is 2.88. The molecule has 0 N–H and O–H groups in total. The highest BCUT2D eigenvalue weighted by molar-refractivity contribution is 6.25. The fraction of sp³-hybridized carbons (Fsp3) is 0.280. The van der Waals surface area contributed by atoms with Crippen LogP contribution >= 0.6 is 0 Å². The quantitative estimate of drug-likeness (QED) is 0.552. The first-order valence-corrected chi connectivity index (χ1v) is 10.5. The average Bonchev–Trinajstić information content (AvgIpc) is 3.27. The van der Waals surface area contributed by atoms with Crippen molar-refractivity contribution in [1.82, 2.24) is 5.01 Å². The SMILES string of the molecule is COc1ccc(C(=O)[C@H]2[C@H]3C(=O)N(c4ccc(C)cc4C)C(=O)[C@H]3[C@H]3C=CC=NN32)cc1. The molecule has 2 amide bonds. The van der Waals surface area contributed by atoms with Crippen molar-refractivity contribution in [3.05, 3.63) is 71.3 Å². The minimum Gasteiger partial charge on any atom is -0.497 e. The minimum absolute atomic E-state index is 0.235. The second kappa shape index (κ2) is 7.44. The molecule has 3 heterocycles. The van der Waals surface area contributed by atoms with Gasteiger partial charge in [-0.05, 0) is 55.8 Å². The molecule has 0 spiro atoms. The van der Waals surface area contributed by atoms with E-state index >= 15 is 0 Å². The van der Waals surface area contributed by atoms with Crippen LogP contribution in [-0.2, 0) is 9.59 Å². The molecule has 0 bridgehead atoms. The first kappa shape index (κ1) is 20.2. The van der Waals surface area contributed by atoms with E-state index in [0.29, 0.717) is 17.0 Å². The number of carbonyl (C=O) groups excluding carboxylic acids is 3. The Morgan fingerprint density at radius 1 is 1.00 bits per heavy atom. The number of nitrogens with zero attached hydrogens (tertiary/aromatic N) is 3. The fourth-order valence-corrected chi connectivity index (χ4v) is 5.06. The summed E-state index contributed by atoms with van der Waals surface area (Å²) in [6.45, 7) is 3.85. The molecule has 3 aliphatic heterocycles. The number of hydrazone groups is 1. The molecule has 5 rings (SSSR count). The monoisotopic (exact) mass is 429 g/mol. The number of carbonyl (C=O) groups is 3. The smallest absolute Gasteiger partial charge is 0.240 e. The summed E-state index contributed by atoms with van der Waals surface area (Å²) < 4.78 is 5.18. The lowest BCUT2D eigenvalue weighted by atomic mass is 9.86. The molecule has 2 aromatic rings. The maximum atomic E-state index is 13.7. The second-order valence-electron chi connectivity index (χ2n) is 8.41. The van der Waals surface area contributed by atoms with Crippen LogP contribution in [0.15, 0.2) is 59.7 Å². The average molecular weight is 429 g/mol. The van der Waals surface area contributed by atoms with Crippen molar-refractivity contribution in [2.45, 2.75) is 25.9 Å². The highest BCUT2D eigenvalue weighted by atomic mass is 16.5. The van der Waals surface area contributed by atoms with Gasteiger partial charge in [-0.25, -0.2) is 4.90 Å². The predicted molar refractivity (Wildman–Crippen MR) is 120 cm³/mol. The number of hydrogen-bond acceptors (Lipinski definition) is 6. The molecule has 7 heteroatoms. The summed E-state index contributed by atoms with van der Waals surface area (Å²) in [5.41, 5.74) is 2.92. The molecular formula is C25H23N3O4. The van der Waals surface area contributed by atoms with Crippen LogP contribution in [0.3, 0.4) is 0 Å². The van der Waals surface area contributed by atoms with Crippen molar-refractivity contribution in [2.75, 3.05) is 12.0 Å². The zero-order valence-corrected chi connectivity index (χ0v) is 18.1. The Balaban J connectivity index is 1.57. The van der Waals surface area contributed by atoms with Gasteiger partial charge in [0.05, 0.1) is 30.7 Å². The van der Waals surface area contributed by atoms with Crippen molar-refractivity contribution in [1.29, 1.82) is 0 Å². The lowest BCUT2D eigenvalue weighted by Gasteiger charge is -2.30. The third-order valence-electron chi connectivity index (χ3n) is 6.53. The number of anilines is 1. The van der Waals surface area contributed by atoms with Gasteiger partial charge in [-0.2, -0.15) is 5.10 Å². The number of amides is 2. The van der Waals surface area contributed by atoms with Crippen molar-refractivity contribution in [3.8, 4) is 5.75 Å². The molecule has 2 fully saturated rings. The second-order valence-corrected chi connectivity index (χ2v) is 8.41. The summed E-state index contributed by atoms with van der Waals surface area (Å²) in [4.78, 5) is 42.1. The van der Waals surface area contributed by atoms with Crippen molar-refractivity contribution in [3.63, 3.8) is 0 Å². The summed E-state index contributed by atoms with van der Waals surface area (Å²) in [5, 5.41) is 6.01. The van der Waals surface area contributed by atoms with E-state index in [1.54, 1.807) is 54.7 Å². The zero-order valence-electron chi connectivity index (χ0n) is 18.1. The molecule has 4 atom stereocenters. The largest absolute Gasteiger partial charge is 0.497 e. The molecule has 0 unspecified atom stereocenters. The van der Waals surface area contributed by atoms with Crippen molar-refractivity contribution < 1.29 is 19.1 Å². The lowest BCUT2D eigenvalue weighted by Crippen LogP contribution is -2.46. The Morgan fingerprint density at radius 3 is 2.41 bits per heavy atom. The molecule has 0 aliphatic carbocycles. The van der Waals surface area contributed by atoms with Crippen LogP contribution in [0.5, 0.6) is 5.75 Å². The highest BCUT2D eigenvalue weighted by Gasteiger charge is 2.64. The maximum Gasteiger partial charge on any atom is 0.240 e. The molecule has 32 heavy (non-hydrogen) atoms. The number of imide groups is 1. The lowest BCUT2D eigenvalue weighted by molar-refractivity contribution is -0.123. The number of aryl methyl sites for hydroxylation is 2. The molecule has 0 aromatic heterocycles. The van der Waals surface area contributed by atoms with Crippen molar-refractivity contribution in [2.24, 2.45) is 16.9 Å². The van der Waals surface area contributed by atoms with E-state index in [9.17, 15) is 14.4 Å². The summed E-state index contributed by atoms with van der Waals surface area (Å²) in [7, 11) is 1.56. The van der Waals surface area contributed by atoms with Gasteiger partial charge in [0, 0.05) is 11.8 Å². The molecule has 3 aliphatic rings. The standard InChI is InChI=1S/C25H23N3O4/c1-14-6-11-18(15(2)13-14)27-24(30)20-19-5-4-12-26-28(19)22(21(20)25(27)31)23(29)16-7-9-17(32-3)10-8-16/h4-13,19-22H,1-3H3/t19-,20+,21+,22-/m1/s1. The summed E-state index contributed by atoms with van der Waals surface area (Å²) in [5.74, 6) is -1.70. The van der Waals surface area contributed by atoms with E-state index in [0.717, 1.165) is 11.1 Å². The summed E-state index contributed by atoms with van der Waals surface area (Å²) in [6.07, 6.45) is 5.20. The summed E-state index contributed by atoms with van der Waals surface area (Å²) in [6, 6.07) is 11.1. The number of ether oxygens (including phenoxy) is 1. The first-order valence-electron chi connectivity index (χ1n) is 10.5. The van der Waals surface area contributed by atoms with Gasteiger partial charge in [0.1, 0.15) is 11.8 Å². The van der Waals surface area contributed by atoms with Crippen LogP contribution in [0.4, 0.5) is 5.69 Å². The van der Waals surface area contributed by atoms with Crippen LogP contribution in [-0.4, -0.2) is 48.0 Å². The maximum absolute atomic E-state index is 13.7. The number of rotatable bonds is 4. The molecule has 0 radical (unpaired) electrons. The number of benzene rings is 2. The molecule has 162 valence electrons. The Morgan fingerprint density at radius 2 is 1.72 bits per heavy atom. The van der Waals surface area contributed by atoms with Gasteiger partial charge in [-0.3, -0.25) is 19.4 Å². The molecule has 0 saturated carbocycles. The van der Waals surface area contributed by atoms with Crippen LogP contribution in [0.2, 0.25) is 0 Å². The molecule has 2 aromatic carbocycles. The third-order valence-corrected chi connectivity index (χ3v) is 6.53. The van der Waals surface area contributed by atoms with E-state index in [4.69, 9.17) is 4.74 Å². The Bertz CT molecular complexity index is 1180. The van der Waals surface area contributed by atoms with Crippen LogP contribution in [0, 0.1) is 25.7 Å². The fourth-order valence-electron chi connectivity index (χ4n) is 5.06. The van der Waals surface area contributed by atoms with Gasteiger partial charge in [0.15, 0.2) is 5.78 Å². The van der Waals surface area contributed by atoms with E-state index in [1.165, 1.54) is 4.90 Å². The zero-order chi connectivity index (χ0) is 22.6. The van der Waals surface area contributed by atoms with Crippen molar-refractivity contribution >= 4 is 29.5 Å². The Labute approximate surface area is 186 Å². The molecule has 7 nitrogen and oxygen atoms in total. The normalized spacial score (nSPS) is 25.8. The number of hydrogen-bond donors (Lipinski definition) is 0. The number of allylic oxidation sites excluding steroid dienone is 1. The van der Waals surface area contributed by atoms with E-state index in [2.05, 4.69) is 5.10 Å². The predicted octanol–water partition coefficient (Wildman–Crippen LogP) is 2.91. The van der Waals surface area contributed by atoms with Gasteiger partial charge in [0.25, 0.3) is 0 Å².